The van der Waals surface area contributed by atoms with Crippen molar-refractivity contribution < 1.29 is 14.3 Å². The number of rotatable bonds is 5. The van der Waals surface area contributed by atoms with Crippen molar-refractivity contribution in [3.63, 3.8) is 0 Å². The number of benzene rings is 2. The summed E-state index contributed by atoms with van der Waals surface area (Å²) >= 11 is 2.85. The van der Waals surface area contributed by atoms with Gasteiger partial charge < -0.3 is 0 Å². The summed E-state index contributed by atoms with van der Waals surface area (Å²) in [6.45, 7) is 2.56. The van der Waals surface area contributed by atoms with Gasteiger partial charge >= 0.3 is 155 Å². The van der Waals surface area contributed by atoms with E-state index in [1.165, 1.54) is 0 Å². The van der Waals surface area contributed by atoms with E-state index < -0.39 is 0 Å². The van der Waals surface area contributed by atoms with Gasteiger partial charge in [0.1, 0.15) is 0 Å². The molecule has 0 N–H and O–H groups in total. The SMILES string of the molecule is CCOc1ccc(/C=C2\N=C([Se])N(c3ccc(OC)cc3)C2=O)cc1. The van der Waals surface area contributed by atoms with Crippen LogP contribution in [-0.4, -0.2) is 40.4 Å². The molecule has 0 aliphatic carbocycles. The van der Waals surface area contributed by atoms with E-state index in [1.807, 2.05) is 55.5 Å². The van der Waals surface area contributed by atoms with Crippen molar-refractivity contribution in [3.8, 4) is 11.5 Å². The van der Waals surface area contributed by atoms with Crippen LogP contribution in [0.1, 0.15) is 12.5 Å². The number of hydrogen-bond acceptors (Lipinski definition) is 4. The summed E-state index contributed by atoms with van der Waals surface area (Å²) in [7, 11) is 1.61. The molecule has 1 radical (unpaired) electrons. The molecule has 2 aromatic carbocycles. The summed E-state index contributed by atoms with van der Waals surface area (Å²) in [4.78, 5) is 18.6. The molecule has 0 spiro atoms. The Labute approximate surface area is 154 Å². The van der Waals surface area contributed by atoms with Gasteiger partial charge in [-0.2, -0.15) is 0 Å². The van der Waals surface area contributed by atoms with Crippen molar-refractivity contribution in [3.05, 3.63) is 59.8 Å². The molecule has 0 unspecified atom stereocenters. The fourth-order valence-corrected chi connectivity index (χ4v) is 3.04. The second-order valence-electron chi connectivity index (χ2n) is 5.26. The Morgan fingerprint density at radius 1 is 1.08 bits per heavy atom. The van der Waals surface area contributed by atoms with Crippen LogP contribution >= 0.6 is 0 Å². The molecule has 0 saturated heterocycles. The van der Waals surface area contributed by atoms with Crippen molar-refractivity contribution >= 4 is 38.4 Å². The second kappa shape index (κ2) is 7.55. The maximum atomic E-state index is 12.7. The van der Waals surface area contributed by atoms with Crippen LogP contribution in [0.3, 0.4) is 0 Å². The molecule has 1 aliphatic heterocycles. The van der Waals surface area contributed by atoms with Crippen LogP contribution in [0, 0.1) is 0 Å². The van der Waals surface area contributed by atoms with Gasteiger partial charge in [-0.1, -0.05) is 0 Å². The minimum atomic E-state index is -0.173. The molecule has 0 fully saturated rings. The minimum absolute atomic E-state index is 0.173. The standard InChI is InChI=1S/C19H17N2O3Se/c1-3-24-16-8-4-13(5-9-16)12-17-18(22)21(19(25)20-17)14-6-10-15(23-2)11-7-14/h4-12H,3H2,1-2H3/b17-12-. The number of carbonyl (C=O) groups excluding carboxylic acids is 1. The molecule has 1 heterocycles. The number of hydrogen-bond donors (Lipinski definition) is 0. The van der Waals surface area contributed by atoms with E-state index in [9.17, 15) is 4.79 Å². The molecule has 127 valence electrons. The normalized spacial score (nSPS) is 15.4. The molecule has 0 aromatic heterocycles. The van der Waals surface area contributed by atoms with Gasteiger partial charge in [-0.15, -0.1) is 0 Å². The number of carbonyl (C=O) groups is 1. The summed E-state index contributed by atoms with van der Waals surface area (Å²) in [5.74, 6) is 1.36. The molecule has 5 nitrogen and oxygen atoms in total. The molecular formula is C19H17N2O3Se. The topological polar surface area (TPSA) is 51.1 Å². The van der Waals surface area contributed by atoms with Gasteiger partial charge in [-0.3, -0.25) is 0 Å². The first-order chi connectivity index (χ1) is 12.1. The predicted molar refractivity (Wildman–Crippen MR) is 99.3 cm³/mol. The van der Waals surface area contributed by atoms with Crippen LogP contribution < -0.4 is 14.4 Å². The van der Waals surface area contributed by atoms with Gasteiger partial charge in [0, 0.05) is 0 Å². The molecule has 0 atom stereocenters. The van der Waals surface area contributed by atoms with Crippen molar-refractivity contribution in [2.45, 2.75) is 6.92 Å². The van der Waals surface area contributed by atoms with E-state index in [1.54, 1.807) is 18.1 Å². The number of amides is 1. The maximum absolute atomic E-state index is 12.7. The number of amidine groups is 1. The van der Waals surface area contributed by atoms with Crippen LogP contribution in [-0.2, 0) is 4.79 Å². The Bertz CT molecular complexity index is 827. The fraction of sp³-hybridized carbons (Fsp3) is 0.158. The molecule has 0 bridgehead atoms. The van der Waals surface area contributed by atoms with Crippen LogP contribution in [0.25, 0.3) is 6.08 Å². The summed E-state index contributed by atoms with van der Waals surface area (Å²) in [5.41, 5.74) is 2.01. The van der Waals surface area contributed by atoms with E-state index in [0.717, 1.165) is 22.7 Å². The second-order valence-corrected chi connectivity index (χ2v) is 6.03. The van der Waals surface area contributed by atoms with Crippen molar-refractivity contribution in [1.29, 1.82) is 0 Å². The van der Waals surface area contributed by atoms with Gasteiger partial charge in [-0.05, 0) is 0 Å². The number of anilines is 1. The summed E-state index contributed by atoms with van der Waals surface area (Å²) in [5, 5.41) is 0. The monoisotopic (exact) mass is 401 g/mol. The zero-order valence-electron chi connectivity index (χ0n) is 13.9. The van der Waals surface area contributed by atoms with Crippen LogP contribution in [0.15, 0.2) is 59.2 Å². The third kappa shape index (κ3) is 3.76. The zero-order chi connectivity index (χ0) is 17.8. The summed E-state index contributed by atoms with van der Waals surface area (Å²) < 4.78 is 11.1. The molecule has 1 amide bonds. The average molecular weight is 400 g/mol. The van der Waals surface area contributed by atoms with Gasteiger partial charge in [0.25, 0.3) is 0 Å². The van der Waals surface area contributed by atoms with Gasteiger partial charge in [0.2, 0.25) is 0 Å². The molecule has 1 aliphatic rings. The van der Waals surface area contributed by atoms with Crippen molar-refractivity contribution in [2.24, 2.45) is 4.99 Å². The van der Waals surface area contributed by atoms with E-state index in [0.29, 0.717) is 17.0 Å². The third-order valence-electron chi connectivity index (χ3n) is 3.65. The van der Waals surface area contributed by atoms with E-state index in [4.69, 9.17) is 9.47 Å². The molecular weight excluding hydrogens is 383 g/mol. The zero-order valence-corrected chi connectivity index (χ0v) is 15.6. The van der Waals surface area contributed by atoms with E-state index in [2.05, 4.69) is 21.0 Å². The van der Waals surface area contributed by atoms with Crippen molar-refractivity contribution in [1.82, 2.24) is 0 Å². The first kappa shape index (κ1) is 17.3. The van der Waals surface area contributed by atoms with Crippen LogP contribution in [0.4, 0.5) is 5.69 Å². The summed E-state index contributed by atoms with van der Waals surface area (Å²) in [6, 6.07) is 14.8. The Balaban J connectivity index is 1.83. The molecule has 2 aromatic rings. The predicted octanol–water partition coefficient (Wildman–Crippen LogP) is 3.01. The molecule has 25 heavy (non-hydrogen) atoms. The quantitative estimate of drug-likeness (QED) is 0.573. The average Bonchev–Trinajstić information content (AvgIpc) is 2.90. The molecule has 0 saturated carbocycles. The Hall–Kier alpha value is -2.56. The number of ether oxygens (including phenoxy) is 2. The first-order valence-corrected chi connectivity index (χ1v) is 8.67. The van der Waals surface area contributed by atoms with E-state index >= 15 is 0 Å². The molecule has 3 rings (SSSR count). The Morgan fingerprint density at radius 2 is 1.72 bits per heavy atom. The molecule has 6 heteroatoms. The van der Waals surface area contributed by atoms with E-state index in [-0.39, 0.29) is 5.91 Å². The van der Waals surface area contributed by atoms with Gasteiger partial charge in [0.15, 0.2) is 0 Å². The first-order valence-electron chi connectivity index (χ1n) is 7.81. The van der Waals surface area contributed by atoms with Crippen molar-refractivity contribution in [2.75, 3.05) is 18.6 Å². The Kier molecular flexibility index (Phi) is 5.22. The Morgan fingerprint density at radius 3 is 2.32 bits per heavy atom. The van der Waals surface area contributed by atoms with Gasteiger partial charge in [0.05, 0.1) is 0 Å². The fourth-order valence-electron chi connectivity index (χ4n) is 2.44. The van der Waals surface area contributed by atoms with Crippen LogP contribution in [0.5, 0.6) is 11.5 Å². The number of aliphatic imine (C=N–C) groups is 1. The third-order valence-corrected chi connectivity index (χ3v) is 4.23. The van der Waals surface area contributed by atoms with Crippen LogP contribution in [0.2, 0.25) is 0 Å². The number of methoxy groups -OCH3 is 1. The summed E-state index contributed by atoms with van der Waals surface area (Å²) in [6.07, 6.45) is 1.76. The van der Waals surface area contributed by atoms with Gasteiger partial charge in [-0.25, -0.2) is 0 Å². The number of nitrogens with zero attached hydrogens (tertiary/aromatic N) is 2.